The van der Waals surface area contributed by atoms with E-state index in [1.807, 2.05) is 0 Å². The Kier molecular flexibility index (Phi) is 4.81. The standard InChI is InChI=1S/C13H22N4O.ClH/c1-9(2)13-15-12(16-18-13)8-17-4-3-10-5-14-6-11(10)7-17;/h9-11,14H,3-8H2,1-2H3;1H. The molecule has 2 saturated heterocycles. The second kappa shape index (κ2) is 6.20. The first-order chi connectivity index (χ1) is 8.72. The molecule has 3 rings (SSSR count). The third-order valence-corrected chi connectivity index (χ3v) is 4.13. The van der Waals surface area contributed by atoms with E-state index in [0.717, 1.165) is 36.6 Å². The van der Waals surface area contributed by atoms with E-state index in [0.29, 0.717) is 5.92 Å². The fourth-order valence-electron chi connectivity index (χ4n) is 3.02. The molecule has 0 saturated carbocycles. The van der Waals surface area contributed by atoms with Crippen LogP contribution in [0.4, 0.5) is 0 Å². The van der Waals surface area contributed by atoms with Gasteiger partial charge in [-0.15, -0.1) is 12.4 Å². The zero-order valence-electron chi connectivity index (χ0n) is 11.6. The highest BCUT2D eigenvalue weighted by atomic mass is 35.5. The van der Waals surface area contributed by atoms with Crippen LogP contribution in [0, 0.1) is 11.8 Å². The molecule has 2 atom stereocenters. The van der Waals surface area contributed by atoms with Crippen LogP contribution in [0.5, 0.6) is 0 Å². The minimum Gasteiger partial charge on any atom is -0.339 e. The molecule has 2 aliphatic rings. The lowest BCUT2D eigenvalue weighted by molar-refractivity contribution is 0.138. The molecule has 108 valence electrons. The Morgan fingerprint density at radius 1 is 1.37 bits per heavy atom. The van der Waals surface area contributed by atoms with E-state index >= 15 is 0 Å². The monoisotopic (exact) mass is 286 g/mol. The summed E-state index contributed by atoms with van der Waals surface area (Å²) in [4.78, 5) is 6.92. The molecule has 19 heavy (non-hydrogen) atoms. The predicted molar refractivity (Wildman–Crippen MR) is 75.4 cm³/mol. The van der Waals surface area contributed by atoms with Gasteiger partial charge < -0.3 is 9.84 Å². The van der Waals surface area contributed by atoms with Gasteiger partial charge in [-0.1, -0.05) is 19.0 Å². The Morgan fingerprint density at radius 3 is 2.89 bits per heavy atom. The molecule has 0 aromatic carbocycles. The first-order valence-corrected chi connectivity index (χ1v) is 6.98. The van der Waals surface area contributed by atoms with Crippen LogP contribution in [-0.4, -0.2) is 41.2 Å². The number of piperidine rings is 1. The van der Waals surface area contributed by atoms with Gasteiger partial charge in [0.05, 0.1) is 6.54 Å². The normalized spacial score (nSPS) is 27.3. The summed E-state index contributed by atoms with van der Waals surface area (Å²) < 4.78 is 5.25. The van der Waals surface area contributed by atoms with Crippen molar-refractivity contribution in [2.24, 2.45) is 11.8 Å². The van der Waals surface area contributed by atoms with E-state index in [1.165, 1.54) is 26.1 Å². The van der Waals surface area contributed by atoms with Gasteiger partial charge >= 0.3 is 0 Å². The second-order valence-electron chi connectivity index (χ2n) is 5.91. The molecule has 1 N–H and O–H groups in total. The lowest BCUT2D eigenvalue weighted by atomic mass is 9.89. The summed E-state index contributed by atoms with van der Waals surface area (Å²) in [7, 11) is 0. The number of hydrogen-bond donors (Lipinski definition) is 1. The van der Waals surface area contributed by atoms with Crippen LogP contribution in [0.3, 0.4) is 0 Å². The van der Waals surface area contributed by atoms with Gasteiger partial charge in [0.1, 0.15) is 0 Å². The van der Waals surface area contributed by atoms with Crippen molar-refractivity contribution in [3.05, 3.63) is 11.7 Å². The van der Waals surface area contributed by atoms with Crippen molar-refractivity contribution in [2.75, 3.05) is 26.2 Å². The van der Waals surface area contributed by atoms with Gasteiger partial charge in [-0.2, -0.15) is 4.98 Å². The Hall–Kier alpha value is -0.650. The summed E-state index contributed by atoms with van der Waals surface area (Å²) in [5, 5.41) is 7.56. The van der Waals surface area contributed by atoms with Crippen LogP contribution in [0.2, 0.25) is 0 Å². The number of nitrogens with one attached hydrogen (secondary N) is 1. The van der Waals surface area contributed by atoms with Crippen molar-refractivity contribution in [1.29, 1.82) is 0 Å². The molecule has 5 nitrogen and oxygen atoms in total. The van der Waals surface area contributed by atoms with Crippen LogP contribution in [-0.2, 0) is 6.54 Å². The average Bonchev–Trinajstić information content (AvgIpc) is 2.96. The summed E-state index contributed by atoms with van der Waals surface area (Å²) >= 11 is 0. The molecule has 3 heterocycles. The maximum Gasteiger partial charge on any atom is 0.229 e. The number of aromatic nitrogens is 2. The van der Waals surface area contributed by atoms with Crippen LogP contribution >= 0.6 is 12.4 Å². The number of rotatable bonds is 3. The zero-order valence-corrected chi connectivity index (χ0v) is 12.4. The molecular formula is C13H23ClN4O. The largest absolute Gasteiger partial charge is 0.339 e. The van der Waals surface area contributed by atoms with E-state index < -0.39 is 0 Å². The maximum absolute atomic E-state index is 5.25. The molecule has 0 amide bonds. The van der Waals surface area contributed by atoms with E-state index in [2.05, 4.69) is 34.2 Å². The van der Waals surface area contributed by atoms with Crippen molar-refractivity contribution >= 4 is 12.4 Å². The smallest absolute Gasteiger partial charge is 0.229 e. The summed E-state index contributed by atoms with van der Waals surface area (Å²) in [5.74, 6) is 3.61. The second-order valence-corrected chi connectivity index (χ2v) is 5.91. The number of fused-ring (bicyclic) bond motifs is 1. The minimum absolute atomic E-state index is 0. The van der Waals surface area contributed by atoms with E-state index in [1.54, 1.807) is 0 Å². The third kappa shape index (κ3) is 3.27. The molecule has 0 bridgehead atoms. The Morgan fingerprint density at radius 2 is 2.16 bits per heavy atom. The Labute approximate surface area is 120 Å². The van der Waals surface area contributed by atoms with E-state index in [4.69, 9.17) is 4.52 Å². The predicted octanol–water partition coefficient (Wildman–Crippen LogP) is 1.66. The summed E-state index contributed by atoms with van der Waals surface area (Å²) in [6.45, 7) is 9.69. The topological polar surface area (TPSA) is 54.2 Å². The number of halogens is 1. The van der Waals surface area contributed by atoms with Gasteiger partial charge in [-0.3, -0.25) is 4.90 Å². The van der Waals surface area contributed by atoms with Gasteiger partial charge in [0.15, 0.2) is 5.82 Å². The van der Waals surface area contributed by atoms with E-state index in [-0.39, 0.29) is 12.4 Å². The van der Waals surface area contributed by atoms with Crippen molar-refractivity contribution in [3.8, 4) is 0 Å². The van der Waals surface area contributed by atoms with E-state index in [9.17, 15) is 0 Å². The van der Waals surface area contributed by atoms with Gasteiger partial charge in [-0.25, -0.2) is 0 Å². The molecule has 0 spiro atoms. The highest BCUT2D eigenvalue weighted by molar-refractivity contribution is 5.85. The molecule has 2 unspecified atom stereocenters. The van der Waals surface area contributed by atoms with Gasteiger partial charge in [0, 0.05) is 12.5 Å². The SMILES string of the molecule is CC(C)c1nc(CN2CCC3CNCC3C2)no1.Cl. The van der Waals surface area contributed by atoms with Crippen molar-refractivity contribution < 1.29 is 4.52 Å². The van der Waals surface area contributed by atoms with Crippen molar-refractivity contribution in [1.82, 2.24) is 20.4 Å². The fraction of sp³-hybridized carbons (Fsp3) is 0.846. The van der Waals surface area contributed by atoms with Gasteiger partial charge in [0.25, 0.3) is 0 Å². The summed E-state index contributed by atoms with van der Waals surface area (Å²) in [6, 6.07) is 0. The van der Waals surface area contributed by atoms with Crippen molar-refractivity contribution in [3.63, 3.8) is 0 Å². The highest BCUT2D eigenvalue weighted by Gasteiger charge is 2.33. The molecule has 2 fully saturated rings. The highest BCUT2D eigenvalue weighted by Crippen LogP contribution is 2.27. The quantitative estimate of drug-likeness (QED) is 0.916. The average molecular weight is 287 g/mol. The minimum atomic E-state index is 0. The van der Waals surface area contributed by atoms with Crippen molar-refractivity contribution in [2.45, 2.75) is 32.7 Å². The lowest BCUT2D eigenvalue weighted by Crippen LogP contribution is -2.39. The maximum atomic E-state index is 5.25. The third-order valence-electron chi connectivity index (χ3n) is 4.13. The van der Waals surface area contributed by atoms with Gasteiger partial charge in [-0.05, 0) is 37.9 Å². The number of nitrogens with zero attached hydrogens (tertiary/aromatic N) is 3. The van der Waals surface area contributed by atoms with Crippen LogP contribution in [0.15, 0.2) is 4.52 Å². The van der Waals surface area contributed by atoms with Gasteiger partial charge in [0.2, 0.25) is 5.89 Å². The first-order valence-electron chi connectivity index (χ1n) is 6.98. The molecular weight excluding hydrogens is 264 g/mol. The summed E-state index contributed by atoms with van der Waals surface area (Å²) in [5.41, 5.74) is 0. The Bertz CT molecular complexity index is 409. The zero-order chi connectivity index (χ0) is 12.5. The van der Waals surface area contributed by atoms with Crippen LogP contribution in [0.25, 0.3) is 0 Å². The number of hydrogen-bond acceptors (Lipinski definition) is 5. The molecule has 2 aliphatic heterocycles. The molecule has 6 heteroatoms. The lowest BCUT2D eigenvalue weighted by Gasteiger charge is -2.33. The molecule has 0 aliphatic carbocycles. The first kappa shape index (κ1) is 14.8. The fourth-order valence-corrected chi connectivity index (χ4v) is 3.02. The number of likely N-dealkylation sites (tertiary alicyclic amines) is 1. The summed E-state index contributed by atoms with van der Waals surface area (Å²) in [6.07, 6.45) is 1.30. The molecule has 0 radical (unpaired) electrons. The molecule has 1 aromatic heterocycles. The Balaban J connectivity index is 0.00000133. The van der Waals surface area contributed by atoms with Crippen LogP contribution < -0.4 is 5.32 Å². The van der Waals surface area contributed by atoms with Crippen LogP contribution in [0.1, 0.15) is 37.9 Å². The molecule has 1 aromatic rings.